The maximum absolute atomic E-state index is 14.7. The molecule has 3 aromatic rings. The summed E-state index contributed by atoms with van der Waals surface area (Å²) in [5.41, 5.74) is 1.66. The standard InChI is InChI=1S/C30H40FN6O4P/c1-20(2)41-23-10-11-24(21-8-4-5-9-21)25(17-23)28(38)37-15-7-6-12-30(37,3)29-35-27-26(16-22(31)18-32-27)36(29)19-40-42(39)33-13-14-34-42/h10-11,16-18,20-21H,4-9,12-15,19H2,1-3H3,(H2,33,34,39)/t30-/m0/s1. The number of nitrogens with zero attached hydrogens (tertiary/aromatic N) is 4. The lowest BCUT2D eigenvalue weighted by Crippen LogP contribution is -2.52. The first-order chi connectivity index (χ1) is 20.2. The summed E-state index contributed by atoms with van der Waals surface area (Å²) >= 11 is 0. The van der Waals surface area contributed by atoms with Crippen molar-refractivity contribution in [1.82, 2.24) is 29.6 Å². The summed E-state index contributed by atoms with van der Waals surface area (Å²) in [6, 6.07) is 7.30. The van der Waals surface area contributed by atoms with Crippen LogP contribution < -0.4 is 14.9 Å². The Morgan fingerprint density at radius 1 is 1.17 bits per heavy atom. The molecule has 1 atom stereocenters. The first kappa shape index (κ1) is 29.2. The lowest BCUT2D eigenvalue weighted by Gasteiger charge is -2.45. The quantitative estimate of drug-likeness (QED) is 0.312. The number of fused-ring (bicyclic) bond motifs is 1. The van der Waals surface area contributed by atoms with Crippen molar-refractivity contribution in [2.45, 2.75) is 90.0 Å². The molecule has 1 saturated carbocycles. The number of nitrogens with one attached hydrogen (secondary N) is 2. The van der Waals surface area contributed by atoms with Crippen molar-refractivity contribution < 1.29 is 23.0 Å². The maximum Gasteiger partial charge on any atom is 0.342 e. The second kappa shape index (κ2) is 11.7. The molecule has 2 aliphatic heterocycles. The van der Waals surface area contributed by atoms with Gasteiger partial charge in [0.25, 0.3) is 5.91 Å². The fraction of sp³-hybridized carbons (Fsp3) is 0.567. The van der Waals surface area contributed by atoms with Crippen LogP contribution in [0.4, 0.5) is 4.39 Å². The molecule has 0 radical (unpaired) electrons. The van der Waals surface area contributed by atoms with Gasteiger partial charge in [0.1, 0.15) is 24.1 Å². The molecule has 2 aromatic heterocycles. The molecule has 4 heterocycles. The van der Waals surface area contributed by atoms with Gasteiger partial charge in [-0.05, 0) is 76.5 Å². The SMILES string of the molecule is CC(C)Oc1ccc(C2CCCC2)c(C(=O)N2CCCC[C@@]2(C)c2nc3ncc(F)cc3n2COP2(=O)NCCN2)c1. The highest BCUT2D eigenvalue weighted by Crippen LogP contribution is 2.44. The Morgan fingerprint density at radius 2 is 1.93 bits per heavy atom. The minimum absolute atomic E-state index is 0.0191. The zero-order chi connectivity index (χ0) is 29.5. The average Bonchev–Trinajstić information content (AvgIpc) is 3.72. The number of hydrogen-bond donors (Lipinski definition) is 2. The van der Waals surface area contributed by atoms with E-state index in [-0.39, 0.29) is 18.7 Å². The van der Waals surface area contributed by atoms with E-state index in [4.69, 9.17) is 14.2 Å². The largest absolute Gasteiger partial charge is 0.491 e. The molecule has 42 heavy (non-hydrogen) atoms. The number of amides is 1. The molecule has 2 saturated heterocycles. The van der Waals surface area contributed by atoms with Gasteiger partial charge in [0, 0.05) is 31.3 Å². The lowest BCUT2D eigenvalue weighted by atomic mass is 9.85. The molecule has 0 spiro atoms. The Kier molecular flexibility index (Phi) is 8.13. The van der Waals surface area contributed by atoms with Crippen LogP contribution in [0.15, 0.2) is 30.5 Å². The number of rotatable bonds is 8. The number of aromatic nitrogens is 3. The first-order valence-corrected chi connectivity index (χ1v) is 16.7. The Hall–Kier alpha value is -2.85. The number of hydrogen-bond acceptors (Lipinski definition) is 6. The van der Waals surface area contributed by atoms with Gasteiger partial charge in [-0.3, -0.25) is 18.5 Å². The number of halogens is 1. The highest BCUT2D eigenvalue weighted by molar-refractivity contribution is 7.55. The van der Waals surface area contributed by atoms with Crippen LogP contribution in [0, 0.1) is 5.82 Å². The van der Waals surface area contributed by atoms with Gasteiger partial charge in [-0.15, -0.1) is 0 Å². The van der Waals surface area contributed by atoms with Crippen molar-refractivity contribution in [3.8, 4) is 5.75 Å². The van der Waals surface area contributed by atoms with E-state index < -0.39 is 19.0 Å². The van der Waals surface area contributed by atoms with Crippen LogP contribution in [-0.4, -0.2) is 51.1 Å². The average molecular weight is 599 g/mol. The normalized spacial score (nSPS) is 22.8. The molecule has 1 aliphatic carbocycles. The number of likely N-dealkylation sites (tertiary alicyclic amines) is 1. The number of piperidine rings is 1. The molecule has 10 nitrogen and oxygen atoms in total. The van der Waals surface area contributed by atoms with E-state index in [2.05, 4.69) is 21.2 Å². The van der Waals surface area contributed by atoms with Crippen LogP contribution in [0.2, 0.25) is 0 Å². The Morgan fingerprint density at radius 3 is 2.67 bits per heavy atom. The zero-order valence-electron chi connectivity index (χ0n) is 24.6. The molecule has 0 unspecified atom stereocenters. The van der Waals surface area contributed by atoms with Gasteiger partial charge in [-0.1, -0.05) is 18.9 Å². The van der Waals surface area contributed by atoms with Crippen LogP contribution in [0.1, 0.15) is 93.4 Å². The van der Waals surface area contributed by atoms with Crippen LogP contribution in [0.5, 0.6) is 5.75 Å². The fourth-order valence-electron chi connectivity index (χ4n) is 6.70. The molecule has 1 aromatic carbocycles. The van der Waals surface area contributed by atoms with E-state index in [0.717, 1.165) is 50.3 Å². The number of benzene rings is 1. The summed E-state index contributed by atoms with van der Waals surface area (Å²) < 4.78 is 41.1. The van der Waals surface area contributed by atoms with Gasteiger partial charge in [0.2, 0.25) is 0 Å². The Bertz CT molecular complexity index is 1510. The van der Waals surface area contributed by atoms with Gasteiger partial charge in [0.05, 0.1) is 23.4 Å². The van der Waals surface area contributed by atoms with Gasteiger partial charge >= 0.3 is 7.67 Å². The Labute approximate surface area is 245 Å². The molecule has 226 valence electrons. The summed E-state index contributed by atoms with van der Waals surface area (Å²) in [5, 5.41) is 5.77. The van der Waals surface area contributed by atoms with E-state index >= 15 is 0 Å². The first-order valence-electron chi connectivity index (χ1n) is 15.1. The van der Waals surface area contributed by atoms with Crippen LogP contribution >= 0.6 is 7.67 Å². The van der Waals surface area contributed by atoms with Gasteiger partial charge in [-0.2, -0.15) is 0 Å². The summed E-state index contributed by atoms with van der Waals surface area (Å²) in [7, 11) is -3.26. The lowest BCUT2D eigenvalue weighted by molar-refractivity contribution is 0.0304. The predicted molar refractivity (Wildman–Crippen MR) is 158 cm³/mol. The van der Waals surface area contributed by atoms with Crippen molar-refractivity contribution >= 4 is 24.7 Å². The van der Waals surface area contributed by atoms with Crippen molar-refractivity contribution in [2.24, 2.45) is 0 Å². The van der Waals surface area contributed by atoms with E-state index in [0.29, 0.717) is 60.3 Å². The number of pyridine rings is 1. The molecule has 0 bridgehead atoms. The molecular weight excluding hydrogens is 558 g/mol. The highest BCUT2D eigenvalue weighted by Gasteiger charge is 2.44. The van der Waals surface area contributed by atoms with E-state index in [1.807, 2.05) is 37.8 Å². The third-order valence-corrected chi connectivity index (χ3v) is 10.5. The van der Waals surface area contributed by atoms with E-state index in [1.54, 1.807) is 4.57 Å². The predicted octanol–water partition coefficient (Wildman–Crippen LogP) is 5.83. The van der Waals surface area contributed by atoms with Crippen molar-refractivity contribution in [3.05, 3.63) is 53.2 Å². The molecule has 2 N–H and O–H groups in total. The molecule has 12 heteroatoms. The van der Waals surface area contributed by atoms with Crippen molar-refractivity contribution in [3.63, 3.8) is 0 Å². The van der Waals surface area contributed by atoms with Crippen LogP contribution in [-0.2, 0) is 21.4 Å². The molecule has 6 rings (SSSR count). The number of imidazole rings is 1. The Balaban J connectivity index is 1.43. The smallest absolute Gasteiger partial charge is 0.342 e. The van der Waals surface area contributed by atoms with Gasteiger partial charge in [-0.25, -0.2) is 24.5 Å². The zero-order valence-corrected chi connectivity index (χ0v) is 25.5. The summed E-state index contributed by atoms with van der Waals surface area (Å²) in [6.45, 7) is 7.40. The maximum atomic E-state index is 14.7. The van der Waals surface area contributed by atoms with Gasteiger partial charge in [0.15, 0.2) is 5.65 Å². The number of carbonyl (C=O) groups excluding carboxylic acids is 1. The minimum Gasteiger partial charge on any atom is -0.491 e. The number of carbonyl (C=O) groups is 1. The molecular formula is C30H40FN6O4P. The van der Waals surface area contributed by atoms with E-state index in [1.165, 1.54) is 6.07 Å². The third kappa shape index (κ3) is 5.60. The van der Waals surface area contributed by atoms with E-state index in [9.17, 15) is 13.8 Å². The monoisotopic (exact) mass is 598 g/mol. The summed E-state index contributed by atoms with van der Waals surface area (Å²) in [6.07, 6.45) is 7.95. The third-order valence-electron chi connectivity index (χ3n) is 8.75. The molecule has 1 amide bonds. The van der Waals surface area contributed by atoms with Crippen LogP contribution in [0.25, 0.3) is 11.2 Å². The fourth-order valence-corrected chi connectivity index (χ4v) is 8.08. The molecule has 3 aliphatic rings. The minimum atomic E-state index is -3.26. The number of ether oxygens (including phenoxy) is 1. The van der Waals surface area contributed by atoms with Crippen molar-refractivity contribution in [2.75, 3.05) is 19.6 Å². The summed E-state index contributed by atoms with van der Waals surface area (Å²) in [4.78, 5) is 25.7. The van der Waals surface area contributed by atoms with Gasteiger partial charge < -0.3 is 9.64 Å². The summed E-state index contributed by atoms with van der Waals surface area (Å²) in [5.74, 6) is 0.964. The highest BCUT2D eigenvalue weighted by atomic mass is 31.2. The second-order valence-electron chi connectivity index (χ2n) is 12.1. The van der Waals surface area contributed by atoms with Crippen LogP contribution in [0.3, 0.4) is 0 Å². The topological polar surface area (TPSA) is 111 Å². The molecule has 3 fully saturated rings. The van der Waals surface area contributed by atoms with Crippen molar-refractivity contribution in [1.29, 1.82) is 0 Å². The second-order valence-corrected chi connectivity index (χ2v) is 14.1.